The summed E-state index contributed by atoms with van der Waals surface area (Å²) in [4.78, 5) is 16.7. The molecule has 7 heteroatoms. The molecule has 2 N–H and O–H groups in total. The molecule has 1 fully saturated rings. The normalized spacial score (nSPS) is 16.1. The zero-order valence-electron chi connectivity index (χ0n) is 14.3. The number of hydrogen-bond donors (Lipinski definition) is 2. The van der Waals surface area contributed by atoms with Gasteiger partial charge in [-0.15, -0.1) is 5.10 Å². The summed E-state index contributed by atoms with van der Waals surface area (Å²) >= 11 is 1.34. The van der Waals surface area contributed by atoms with Crippen molar-refractivity contribution >= 4 is 17.7 Å². The van der Waals surface area contributed by atoms with E-state index in [1.807, 2.05) is 6.92 Å². The van der Waals surface area contributed by atoms with Gasteiger partial charge >= 0.3 is 0 Å². The molecule has 0 radical (unpaired) electrons. The topological polar surface area (TPSA) is 70.7 Å². The fourth-order valence-electron chi connectivity index (χ4n) is 3.06. The molecular formula is C18H23FN4OS. The van der Waals surface area contributed by atoms with E-state index in [1.165, 1.54) is 49.6 Å². The van der Waals surface area contributed by atoms with Crippen LogP contribution in [0.1, 0.15) is 44.0 Å². The fraction of sp³-hybridized carbons (Fsp3) is 0.500. The number of thioether (sulfide) groups is 1. The van der Waals surface area contributed by atoms with Crippen LogP contribution >= 0.6 is 11.8 Å². The van der Waals surface area contributed by atoms with Gasteiger partial charge in [-0.25, -0.2) is 9.37 Å². The zero-order chi connectivity index (χ0) is 17.6. The van der Waals surface area contributed by atoms with Crippen LogP contribution in [0.4, 0.5) is 4.39 Å². The van der Waals surface area contributed by atoms with Crippen molar-refractivity contribution in [1.82, 2.24) is 20.5 Å². The maximum atomic E-state index is 12.9. The van der Waals surface area contributed by atoms with E-state index < -0.39 is 0 Å². The lowest BCUT2D eigenvalue weighted by Crippen LogP contribution is -2.30. The summed E-state index contributed by atoms with van der Waals surface area (Å²) < 4.78 is 12.9. The van der Waals surface area contributed by atoms with Crippen molar-refractivity contribution in [2.75, 3.05) is 0 Å². The number of amides is 1. The number of H-pyrrole nitrogens is 1. The van der Waals surface area contributed by atoms with Gasteiger partial charge in [-0.3, -0.25) is 9.89 Å². The molecule has 2 aromatic rings. The minimum atomic E-state index is -0.296. The first-order chi connectivity index (χ1) is 12.1. The van der Waals surface area contributed by atoms with Crippen molar-refractivity contribution in [2.45, 2.75) is 56.0 Å². The van der Waals surface area contributed by atoms with E-state index in [1.54, 1.807) is 12.1 Å². The Morgan fingerprint density at radius 3 is 2.80 bits per heavy atom. The van der Waals surface area contributed by atoms with E-state index >= 15 is 0 Å². The van der Waals surface area contributed by atoms with E-state index in [-0.39, 0.29) is 17.0 Å². The molecule has 1 unspecified atom stereocenters. The molecule has 1 aliphatic carbocycles. The average Bonchev–Trinajstić information content (AvgIpc) is 3.26. The number of aromatic nitrogens is 3. The van der Waals surface area contributed by atoms with Crippen molar-refractivity contribution in [3.63, 3.8) is 0 Å². The van der Waals surface area contributed by atoms with Crippen molar-refractivity contribution in [3.8, 4) is 0 Å². The molecular weight excluding hydrogens is 339 g/mol. The second-order valence-corrected chi connectivity index (χ2v) is 7.83. The zero-order valence-corrected chi connectivity index (χ0v) is 15.1. The second-order valence-electron chi connectivity index (χ2n) is 6.52. The van der Waals surface area contributed by atoms with E-state index in [0.717, 1.165) is 17.8 Å². The van der Waals surface area contributed by atoms with Crippen molar-refractivity contribution in [3.05, 3.63) is 41.5 Å². The van der Waals surface area contributed by atoms with Gasteiger partial charge in [0, 0.05) is 13.0 Å². The van der Waals surface area contributed by atoms with Gasteiger partial charge in [-0.2, -0.15) is 0 Å². The minimum Gasteiger partial charge on any atom is -0.351 e. The van der Waals surface area contributed by atoms with Gasteiger partial charge in [-0.1, -0.05) is 49.6 Å². The summed E-state index contributed by atoms with van der Waals surface area (Å²) in [6, 6.07) is 6.11. The van der Waals surface area contributed by atoms with Crippen LogP contribution in [0, 0.1) is 11.7 Å². The predicted octanol–water partition coefficient (Wildman–Crippen LogP) is 3.47. The molecule has 5 nitrogen and oxygen atoms in total. The summed E-state index contributed by atoms with van der Waals surface area (Å²) in [5.41, 5.74) is 0.865. The highest BCUT2D eigenvalue weighted by molar-refractivity contribution is 8.00. The number of benzene rings is 1. The van der Waals surface area contributed by atoms with Gasteiger partial charge in [0.25, 0.3) is 0 Å². The van der Waals surface area contributed by atoms with Crippen LogP contribution in [0.2, 0.25) is 0 Å². The number of carbonyl (C=O) groups excluding carboxylic acids is 1. The maximum Gasteiger partial charge on any atom is 0.233 e. The smallest absolute Gasteiger partial charge is 0.233 e. The Bertz CT molecular complexity index is 697. The van der Waals surface area contributed by atoms with Crippen LogP contribution < -0.4 is 5.32 Å². The van der Waals surface area contributed by atoms with E-state index in [9.17, 15) is 9.18 Å². The number of aromatic amines is 1. The largest absolute Gasteiger partial charge is 0.351 e. The molecule has 3 rings (SSSR count). The summed E-state index contributed by atoms with van der Waals surface area (Å²) in [5.74, 6) is 1.25. The number of halogens is 1. The molecule has 0 saturated heterocycles. The molecule has 0 spiro atoms. The first-order valence-electron chi connectivity index (χ1n) is 8.70. The second kappa shape index (κ2) is 8.47. The lowest BCUT2D eigenvalue weighted by atomic mass is 10.0. The van der Waals surface area contributed by atoms with Gasteiger partial charge in [-0.05, 0) is 30.5 Å². The number of rotatable bonds is 7. The molecule has 1 heterocycles. The number of nitrogens with one attached hydrogen (secondary N) is 2. The van der Waals surface area contributed by atoms with Crippen LogP contribution in [-0.2, 0) is 17.8 Å². The minimum absolute atomic E-state index is 0.0866. The first kappa shape index (κ1) is 17.9. The predicted molar refractivity (Wildman–Crippen MR) is 95.6 cm³/mol. The molecule has 0 aliphatic heterocycles. The van der Waals surface area contributed by atoms with Crippen LogP contribution in [0.3, 0.4) is 0 Å². The Balaban J connectivity index is 1.46. The Labute approximate surface area is 151 Å². The molecule has 134 valence electrons. The van der Waals surface area contributed by atoms with Crippen LogP contribution in [0.5, 0.6) is 0 Å². The van der Waals surface area contributed by atoms with Crippen molar-refractivity contribution in [2.24, 2.45) is 5.92 Å². The van der Waals surface area contributed by atoms with E-state index in [0.29, 0.717) is 17.6 Å². The van der Waals surface area contributed by atoms with Crippen LogP contribution in [0.15, 0.2) is 29.4 Å². The summed E-state index contributed by atoms with van der Waals surface area (Å²) in [6.07, 6.45) is 6.10. The lowest BCUT2D eigenvalue weighted by molar-refractivity contribution is -0.120. The molecule has 1 atom stereocenters. The highest BCUT2D eigenvalue weighted by atomic mass is 32.2. The van der Waals surface area contributed by atoms with Gasteiger partial charge in [0.1, 0.15) is 11.6 Å². The Kier molecular flexibility index (Phi) is 6.07. The van der Waals surface area contributed by atoms with Crippen LogP contribution in [-0.4, -0.2) is 26.3 Å². The number of carbonyl (C=O) groups is 1. The van der Waals surface area contributed by atoms with Crippen molar-refractivity contribution < 1.29 is 9.18 Å². The van der Waals surface area contributed by atoms with E-state index in [4.69, 9.17) is 0 Å². The Morgan fingerprint density at radius 1 is 1.36 bits per heavy atom. The first-order valence-corrected chi connectivity index (χ1v) is 9.58. The molecule has 1 aromatic heterocycles. The van der Waals surface area contributed by atoms with Gasteiger partial charge in [0.15, 0.2) is 0 Å². The molecule has 1 aliphatic rings. The highest BCUT2D eigenvalue weighted by Gasteiger charge is 2.20. The third-order valence-corrected chi connectivity index (χ3v) is 5.46. The number of hydrogen-bond acceptors (Lipinski definition) is 4. The maximum absolute atomic E-state index is 12.9. The third-order valence-electron chi connectivity index (χ3n) is 4.50. The standard InChI is InChI=1S/C18H23FN4OS/c1-12(17(24)20-11-14-6-8-15(19)9-7-14)25-18-21-16(22-23-18)10-13-4-2-3-5-13/h6-9,12-13H,2-5,10-11H2,1H3,(H,20,24)(H,21,22,23). The lowest BCUT2D eigenvalue weighted by Gasteiger charge is -2.10. The van der Waals surface area contributed by atoms with Crippen LogP contribution in [0.25, 0.3) is 0 Å². The molecule has 25 heavy (non-hydrogen) atoms. The monoisotopic (exact) mass is 362 g/mol. The summed E-state index contributed by atoms with van der Waals surface area (Å²) in [6.45, 7) is 2.21. The van der Waals surface area contributed by atoms with Gasteiger partial charge in [0.2, 0.25) is 11.1 Å². The molecule has 1 saturated carbocycles. The number of nitrogens with zero attached hydrogens (tertiary/aromatic N) is 2. The SMILES string of the molecule is CC(Sc1n[nH]c(CC2CCCC2)n1)C(=O)NCc1ccc(F)cc1. The van der Waals surface area contributed by atoms with Gasteiger partial charge in [0.05, 0.1) is 5.25 Å². The Morgan fingerprint density at radius 2 is 2.08 bits per heavy atom. The molecule has 0 bridgehead atoms. The molecule has 1 aromatic carbocycles. The summed E-state index contributed by atoms with van der Waals surface area (Å²) in [7, 11) is 0. The fourth-order valence-corrected chi connectivity index (χ4v) is 3.82. The Hall–Kier alpha value is -1.89. The summed E-state index contributed by atoms with van der Waals surface area (Å²) in [5, 5.41) is 10.4. The third kappa shape index (κ3) is 5.29. The van der Waals surface area contributed by atoms with E-state index in [2.05, 4.69) is 20.5 Å². The quantitative estimate of drug-likeness (QED) is 0.740. The highest BCUT2D eigenvalue weighted by Crippen LogP contribution is 2.27. The average molecular weight is 362 g/mol. The molecule has 1 amide bonds. The van der Waals surface area contributed by atoms with Gasteiger partial charge < -0.3 is 5.32 Å². The van der Waals surface area contributed by atoms with Crippen molar-refractivity contribution in [1.29, 1.82) is 0 Å².